The number of nitrogen functional groups attached to an aromatic ring is 1. The fraction of sp³-hybridized carbons (Fsp3) is 0.133. The van der Waals surface area contributed by atoms with Crippen LogP contribution in [0.15, 0.2) is 53.4 Å². The molecule has 3 nitrogen and oxygen atoms in total. The molecule has 4 heteroatoms. The molecule has 0 heterocycles. The molecule has 2 rings (SSSR count). The first-order chi connectivity index (χ1) is 9.20. The molecule has 2 aromatic rings. The number of methoxy groups -OCH3 is 1. The van der Waals surface area contributed by atoms with E-state index >= 15 is 0 Å². The summed E-state index contributed by atoms with van der Waals surface area (Å²) < 4.78 is 5.32. The van der Waals surface area contributed by atoms with Gasteiger partial charge >= 0.3 is 0 Å². The highest BCUT2D eigenvalue weighted by molar-refractivity contribution is 7.98. The van der Waals surface area contributed by atoms with E-state index in [0.717, 1.165) is 22.0 Å². The van der Waals surface area contributed by atoms with Crippen molar-refractivity contribution >= 4 is 17.6 Å². The molecule has 2 aromatic carbocycles. The van der Waals surface area contributed by atoms with E-state index in [-0.39, 0.29) is 5.84 Å². The Labute approximate surface area is 117 Å². The van der Waals surface area contributed by atoms with Gasteiger partial charge in [-0.05, 0) is 17.7 Å². The van der Waals surface area contributed by atoms with Gasteiger partial charge in [-0.2, -0.15) is 0 Å². The minimum atomic E-state index is 0.101. The Hall–Kier alpha value is -1.94. The molecule has 0 spiro atoms. The molecule has 0 unspecified atom stereocenters. The maximum absolute atomic E-state index is 7.35. The van der Waals surface area contributed by atoms with Crippen LogP contribution in [0.4, 0.5) is 0 Å². The quantitative estimate of drug-likeness (QED) is 0.499. The molecule has 0 aliphatic carbocycles. The summed E-state index contributed by atoms with van der Waals surface area (Å²) in [5.41, 5.74) is 7.38. The molecule has 98 valence electrons. The van der Waals surface area contributed by atoms with Gasteiger partial charge in [-0.25, -0.2) is 0 Å². The lowest BCUT2D eigenvalue weighted by molar-refractivity contribution is 0.405. The number of rotatable bonds is 5. The van der Waals surface area contributed by atoms with Gasteiger partial charge in [0.1, 0.15) is 11.6 Å². The van der Waals surface area contributed by atoms with Gasteiger partial charge in [-0.15, -0.1) is 11.8 Å². The smallest absolute Gasteiger partial charge is 0.132 e. The minimum absolute atomic E-state index is 0.101. The summed E-state index contributed by atoms with van der Waals surface area (Å²) in [5.74, 6) is 1.86. The zero-order chi connectivity index (χ0) is 13.7. The minimum Gasteiger partial charge on any atom is -0.496 e. The molecule has 0 radical (unpaired) electrons. The van der Waals surface area contributed by atoms with Crippen molar-refractivity contribution in [2.45, 2.75) is 10.6 Å². The molecule has 0 saturated carbocycles. The molecule has 0 bridgehead atoms. The predicted molar refractivity (Wildman–Crippen MR) is 80.0 cm³/mol. The van der Waals surface area contributed by atoms with Crippen LogP contribution < -0.4 is 10.5 Å². The van der Waals surface area contributed by atoms with Crippen LogP contribution in [-0.4, -0.2) is 12.9 Å². The highest BCUT2D eigenvalue weighted by atomic mass is 32.2. The Morgan fingerprint density at radius 3 is 2.47 bits per heavy atom. The Balaban J connectivity index is 2.04. The molecule has 0 fully saturated rings. The second-order valence-corrected chi connectivity index (χ2v) is 5.07. The van der Waals surface area contributed by atoms with Crippen molar-refractivity contribution in [2.75, 3.05) is 7.11 Å². The fourth-order valence-electron chi connectivity index (χ4n) is 1.68. The average Bonchev–Trinajstić information content (AvgIpc) is 2.45. The summed E-state index contributed by atoms with van der Waals surface area (Å²) in [7, 11) is 1.68. The van der Waals surface area contributed by atoms with Gasteiger partial charge < -0.3 is 10.5 Å². The maximum atomic E-state index is 7.35. The summed E-state index contributed by atoms with van der Waals surface area (Å²) in [6, 6.07) is 15.7. The third kappa shape index (κ3) is 3.51. The molecule has 0 aromatic heterocycles. The fourth-order valence-corrected chi connectivity index (χ4v) is 2.66. The zero-order valence-electron chi connectivity index (χ0n) is 10.7. The molecule has 19 heavy (non-hydrogen) atoms. The van der Waals surface area contributed by atoms with E-state index in [2.05, 4.69) is 0 Å². The number of ether oxygens (including phenoxy) is 1. The summed E-state index contributed by atoms with van der Waals surface area (Å²) in [5, 5.41) is 7.35. The second kappa shape index (κ2) is 6.29. The highest BCUT2D eigenvalue weighted by Gasteiger charge is 2.03. The van der Waals surface area contributed by atoms with Crippen molar-refractivity contribution in [3.63, 3.8) is 0 Å². The summed E-state index contributed by atoms with van der Waals surface area (Å²) in [6.07, 6.45) is 0. The topological polar surface area (TPSA) is 59.1 Å². The van der Waals surface area contributed by atoms with Crippen LogP contribution >= 0.6 is 11.8 Å². The molecule has 0 aliphatic rings. The number of nitrogens with one attached hydrogen (secondary N) is 1. The van der Waals surface area contributed by atoms with E-state index in [0.29, 0.717) is 0 Å². The molecule has 0 atom stereocenters. The van der Waals surface area contributed by atoms with Crippen molar-refractivity contribution < 1.29 is 4.74 Å². The Morgan fingerprint density at radius 2 is 1.84 bits per heavy atom. The number of thioether (sulfide) groups is 1. The third-order valence-electron chi connectivity index (χ3n) is 2.73. The van der Waals surface area contributed by atoms with Crippen LogP contribution in [0, 0.1) is 5.41 Å². The number of para-hydroxylation sites is 1. The van der Waals surface area contributed by atoms with Crippen molar-refractivity contribution in [3.05, 3.63) is 59.7 Å². The van der Waals surface area contributed by atoms with Crippen molar-refractivity contribution in [1.29, 1.82) is 5.41 Å². The normalized spacial score (nSPS) is 10.2. The summed E-state index contributed by atoms with van der Waals surface area (Å²) in [6.45, 7) is 0. The van der Waals surface area contributed by atoms with Crippen LogP contribution in [0.2, 0.25) is 0 Å². The van der Waals surface area contributed by atoms with Gasteiger partial charge in [-0.1, -0.05) is 36.4 Å². The monoisotopic (exact) mass is 272 g/mol. The molecular weight excluding hydrogens is 256 g/mol. The van der Waals surface area contributed by atoms with Crippen LogP contribution in [0.1, 0.15) is 11.1 Å². The Morgan fingerprint density at radius 1 is 1.16 bits per heavy atom. The number of amidine groups is 1. The van der Waals surface area contributed by atoms with Gasteiger partial charge in [0.05, 0.1) is 7.11 Å². The van der Waals surface area contributed by atoms with Crippen LogP contribution in [0.25, 0.3) is 0 Å². The first-order valence-electron chi connectivity index (χ1n) is 5.90. The molecule has 0 aliphatic heterocycles. The summed E-state index contributed by atoms with van der Waals surface area (Å²) >= 11 is 1.73. The van der Waals surface area contributed by atoms with Crippen molar-refractivity contribution in [2.24, 2.45) is 5.73 Å². The van der Waals surface area contributed by atoms with Crippen LogP contribution in [0.3, 0.4) is 0 Å². The lowest BCUT2D eigenvalue weighted by atomic mass is 10.1. The first kappa shape index (κ1) is 13.5. The van der Waals surface area contributed by atoms with Gasteiger partial charge in [0.25, 0.3) is 0 Å². The second-order valence-electron chi connectivity index (χ2n) is 4.05. The highest BCUT2D eigenvalue weighted by Crippen LogP contribution is 2.31. The molecule has 3 N–H and O–H groups in total. The van der Waals surface area contributed by atoms with Crippen LogP contribution in [-0.2, 0) is 5.75 Å². The summed E-state index contributed by atoms with van der Waals surface area (Å²) in [4.78, 5) is 1.13. The lowest BCUT2D eigenvalue weighted by Crippen LogP contribution is -2.10. The molecule has 0 saturated heterocycles. The standard InChI is InChI=1S/C15H16N2OS/c1-18-13-4-2-3-5-14(13)19-10-11-6-8-12(9-7-11)15(16)17/h2-9H,10H2,1H3,(H3,16,17). The predicted octanol–water partition coefficient (Wildman–Crippen LogP) is 3.27. The van der Waals surface area contributed by atoms with Gasteiger partial charge in [0.2, 0.25) is 0 Å². The molecule has 0 amide bonds. The molecular formula is C15H16N2OS. The van der Waals surface area contributed by atoms with Gasteiger partial charge in [-0.3, -0.25) is 5.41 Å². The number of hydrogen-bond donors (Lipinski definition) is 2. The van der Waals surface area contributed by atoms with E-state index in [1.807, 2.05) is 48.5 Å². The average molecular weight is 272 g/mol. The number of hydrogen-bond acceptors (Lipinski definition) is 3. The maximum Gasteiger partial charge on any atom is 0.132 e. The SMILES string of the molecule is COc1ccccc1SCc1ccc(C(=N)N)cc1. The van der Waals surface area contributed by atoms with E-state index in [1.54, 1.807) is 18.9 Å². The zero-order valence-corrected chi connectivity index (χ0v) is 11.5. The van der Waals surface area contributed by atoms with E-state index in [9.17, 15) is 0 Å². The van der Waals surface area contributed by atoms with E-state index < -0.39 is 0 Å². The van der Waals surface area contributed by atoms with E-state index in [1.165, 1.54) is 5.56 Å². The van der Waals surface area contributed by atoms with Crippen molar-refractivity contribution in [3.8, 4) is 5.75 Å². The largest absolute Gasteiger partial charge is 0.496 e. The van der Waals surface area contributed by atoms with E-state index in [4.69, 9.17) is 15.9 Å². The number of nitrogens with two attached hydrogens (primary N) is 1. The van der Waals surface area contributed by atoms with Crippen LogP contribution in [0.5, 0.6) is 5.75 Å². The lowest BCUT2D eigenvalue weighted by Gasteiger charge is -2.08. The van der Waals surface area contributed by atoms with Crippen molar-refractivity contribution in [1.82, 2.24) is 0 Å². The van der Waals surface area contributed by atoms with Gasteiger partial charge in [0.15, 0.2) is 0 Å². The Bertz CT molecular complexity index is 567. The first-order valence-corrected chi connectivity index (χ1v) is 6.88. The van der Waals surface area contributed by atoms with Gasteiger partial charge in [0, 0.05) is 16.2 Å². The third-order valence-corrected chi connectivity index (χ3v) is 3.85. The number of benzene rings is 2. The Kier molecular flexibility index (Phi) is 4.47.